The molecule has 1 saturated heterocycles. The van der Waals surface area contributed by atoms with E-state index < -0.39 is 5.97 Å². The van der Waals surface area contributed by atoms with Gasteiger partial charge >= 0.3 is 5.97 Å². The molecule has 0 aromatic carbocycles. The fourth-order valence-electron chi connectivity index (χ4n) is 1.30. The Balaban J connectivity index is 2.19. The summed E-state index contributed by atoms with van der Waals surface area (Å²) in [6.45, 7) is 2.44. The molecular formula is C8H14N2O3. The molecule has 0 saturated carbocycles. The van der Waals surface area contributed by atoms with Gasteiger partial charge in [0.15, 0.2) is 0 Å². The van der Waals surface area contributed by atoms with E-state index in [1.165, 1.54) is 0 Å². The van der Waals surface area contributed by atoms with Crippen LogP contribution in [-0.2, 0) is 9.59 Å². The molecule has 0 atom stereocenters. The van der Waals surface area contributed by atoms with E-state index in [4.69, 9.17) is 5.11 Å². The lowest BCUT2D eigenvalue weighted by atomic mass is 10.2. The summed E-state index contributed by atoms with van der Waals surface area (Å²) in [6.07, 6.45) is 0.679. The zero-order chi connectivity index (χ0) is 9.68. The van der Waals surface area contributed by atoms with Gasteiger partial charge < -0.3 is 15.3 Å². The number of hydrogen-bond donors (Lipinski definition) is 2. The maximum atomic E-state index is 11.2. The van der Waals surface area contributed by atoms with Crippen LogP contribution in [0.2, 0.25) is 0 Å². The highest BCUT2D eigenvalue weighted by Gasteiger charge is 2.16. The van der Waals surface area contributed by atoms with E-state index in [0.717, 1.165) is 6.54 Å². The van der Waals surface area contributed by atoms with Crippen LogP contribution >= 0.6 is 0 Å². The second-order valence-electron chi connectivity index (χ2n) is 3.05. The van der Waals surface area contributed by atoms with Crippen LogP contribution in [0.3, 0.4) is 0 Å². The molecule has 74 valence electrons. The molecule has 0 spiro atoms. The fraction of sp³-hybridized carbons (Fsp3) is 0.750. The molecule has 1 aliphatic rings. The van der Waals surface area contributed by atoms with E-state index in [-0.39, 0.29) is 12.3 Å². The molecule has 0 aromatic heterocycles. The molecule has 2 N–H and O–H groups in total. The summed E-state index contributed by atoms with van der Waals surface area (Å²) in [7, 11) is 0. The molecule has 1 fully saturated rings. The first-order valence-electron chi connectivity index (χ1n) is 4.40. The van der Waals surface area contributed by atoms with Crippen LogP contribution in [0.1, 0.15) is 12.8 Å². The van der Waals surface area contributed by atoms with E-state index in [1.54, 1.807) is 4.90 Å². The van der Waals surface area contributed by atoms with Crippen molar-refractivity contribution in [2.24, 2.45) is 0 Å². The normalized spacial score (nSPS) is 17.5. The Labute approximate surface area is 76.7 Å². The minimum atomic E-state index is -0.803. The summed E-state index contributed by atoms with van der Waals surface area (Å²) in [5, 5.41) is 11.3. The highest BCUT2D eigenvalue weighted by atomic mass is 16.4. The number of aliphatic carboxylic acids is 1. The smallest absolute Gasteiger partial charge is 0.303 e. The Morgan fingerprint density at radius 2 is 2.38 bits per heavy atom. The van der Waals surface area contributed by atoms with E-state index in [0.29, 0.717) is 26.1 Å². The molecule has 1 aliphatic heterocycles. The molecule has 1 rings (SSSR count). The van der Waals surface area contributed by atoms with E-state index in [9.17, 15) is 9.59 Å². The van der Waals surface area contributed by atoms with Crippen molar-refractivity contribution in [3.05, 3.63) is 0 Å². The largest absolute Gasteiger partial charge is 0.481 e. The molecule has 0 aliphatic carbocycles. The number of rotatable bonds is 4. The average Bonchev–Trinajstić information content (AvgIpc) is 2.08. The Morgan fingerprint density at radius 3 is 3.00 bits per heavy atom. The van der Waals surface area contributed by atoms with Gasteiger partial charge in [-0.15, -0.1) is 0 Å². The second-order valence-corrected chi connectivity index (χ2v) is 3.05. The Bertz CT molecular complexity index is 206. The van der Waals surface area contributed by atoms with Gasteiger partial charge in [-0.25, -0.2) is 0 Å². The van der Waals surface area contributed by atoms with Gasteiger partial charge in [0, 0.05) is 26.1 Å². The zero-order valence-electron chi connectivity index (χ0n) is 7.45. The maximum Gasteiger partial charge on any atom is 0.303 e. The van der Waals surface area contributed by atoms with Gasteiger partial charge in [-0.1, -0.05) is 0 Å². The Kier molecular flexibility index (Phi) is 3.70. The van der Waals surface area contributed by atoms with Crippen molar-refractivity contribution >= 4 is 11.9 Å². The van der Waals surface area contributed by atoms with Crippen molar-refractivity contribution in [3.63, 3.8) is 0 Å². The molecule has 0 bridgehead atoms. The number of carboxylic acid groups (broad SMARTS) is 1. The first-order chi connectivity index (χ1) is 6.20. The van der Waals surface area contributed by atoms with Crippen molar-refractivity contribution in [3.8, 4) is 0 Å². The average molecular weight is 186 g/mol. The van der Waals surface area contributed by atoms with E-state index >= 15 is 0 Å². The van der Waals surface area contributed by atoms with Gasteiger partial charge in [-0.3, -0.25) is 9.59 Å². The fourth-order valence-corrected chi connectivity index (χ4v) is 1.30. The van der Waals surface area contributed by atoms with Gasteiger partial charge in [-0.05, 0) is 6.42 Å². The first kappa shape index (κ1) is 9.98. The molecular weight excluding hydrogens is 172 g/mol. The minimum Gasteiger partial charge on any atom is -0.481 e. The van der Waals surface area contributed by atoms with Gasteiger partial charge in [0.1, 0.15) is 0 Å². The lowest BCUT2D eigenvalue weighted by Gasteiger charge is -2.27. The summed E-state index contributed by atoms with van der Waals surface area (Å²) in [5.74, 6) is -0.737. The highest BCUT2D eigenvalue weighted by molar-refractivity contribution is 5.79. The maximum absolute atomic E-state index is 11.2. The van der Waals surface area contributed by atoms with Crippen LogP contribution in [-0.4, -0.2) is 48.1 Å². The van der Waals surface area contributed by atoms with E-state index in [1.807, 2.05) is 0 Å². The summed E-state index contributed by atoms with van der Waals surface area (Å²) < 4.78 is 0. The van der Waals surface area contributed by atoms with Crippen LogP contribution in [0, 0.1) is 0 Å². The summed E-state index contributed by atoms with van der Waals surface area (Å²) in [4.78, 5) is 23.1. The summed E-state index contributed by atoms with van der Waals surface area (Å²) >= 11 is 0. The lowest BCUT2D eigenvalue weighted by Crippen LogP contribution is -2.48. The number of nitrogens with one attached hydrogen (secondary N) is 1. The number of hydrogen-bond acceptors (Lipinski definition) is 3. The van der Waals surface area contributed by atoms with Crippen molar-refractivity contribution in [2.75, 3.05) is 26.2 Å². The number of carboxylic acids is 1. The predicted octanol–water partition coefficient (Wildman–Crippen LogP) is -0.717. The molecule has 0 unspecified atom stereocenters. The molecule has 5 nitrogen and oxygen atoms in total. The molecule has 1 heterocycles. The SMILES string of the molecule is O=C(O)CCCN1CCNCC1=O. The third-order valence-corrected chi connectivity index (χ3v) is 2.01. The topological polar surface area (TPSA) is 69.6 Å². The number of nitrogens with zero attached hydrogens (tertiary/aromatic N) is 1. The van der Waals surface area contributed by atoms with Gasteiger partial charge in [-0.2, -0.15) is 0 Å². The monoisotopic (exact) mass is 186 g/mol. The summed E-state index contributed by atoms with van der Waals surface area (Å²) in [6, 6.07) is 0. The minimum absolute atomic E-state index is 0.0663. The highest BCUT2D eigenvalue weighted by Crippen LogP contribution is 1.98. The molecule has 0 aromatic rings. The zero-order valence-corrected chi connectivity index (χ0v) is 7.45. The Hall–Kier alpha value is -1.10. The van der Waals surface area contributed by atoms with Crippen molar-refractivity contribution < 1.29 is 14.7 Å². The third kappa shape index (κ3) is 3.42. The van der Waals surface area contributed by atoms with E-state index in [2.05, 4.69) is 5.32 Å². The number of piperazine rings is 1. The van der Waals surface area contributed by atoms with Crippen molar-refractivity contribution in [1.82, 2.24) is 10.2 Å². The standard InChI is InChI=1S/C8H14N2O3/c11-7-6-9-3-5-10(7)4-1-2-8(12)13/h9H,1-6H2,(H,12,13). The van der Waals surface area contributed by atoms with Gasteiger partial charge in [0.05, 0.1) is 6.54 Å². The van der Waals surface area contributed by atoms with Crippen LogP contribution < -0.4 is 5.32 Å². The molecule has 1 amide bonds. The second kappa shape index (κ2) is 4.81. The van der Waals surface area contributed by atoms with Gasteiger partial charge in [0.25, 0.3) is 0 Å². The van der Waals surface area contributed by atoms with Crippen molar-refractivity contribution in [2.45, 2.75) is 12.8 Å². The third-order valence-electron chi connectivity index (χ3n) is 2.01. The first-order valence-corrected chi connectivity index (χ1v) is 4.40. The summed E-state index contributed by atoms with van der Waals surface area (Å²) in [5.41, 5.74) is 0. The Morgan fingerprint density at radius 1 is 1.62 bits per heavy atom. The van der Waals surface area contributed by atoms with Crippen LogP contribution in [0.4, 0.5) is 0 Å². The number of carbonyl (C=O) groups is 2. The van der Waals surface area contributed by atoms with Crippen LogP contribution in [0.15, 0.2) is 0 Å². The molecule has 13 heavy (non-hydrogen) atoms. The molecule has 0 radical (unpaired) electrons. The number of carbonyl (C=O) groups excluding carboxylic acids is 1. The van der Waals surface area contributed by atoms with Crippen LogP contribution in [0.25, 0.3) is 0 Å². The lowest BCUT2D eigenvalue weighted by molar-refractivity contribution is -0.138. The van der Waals surface area contributed by atoms with Crippen molar-refractivity contribution in [1.29, 1.82) is 0 Å². The predicted molar refractivity (Wildman–Crippen MR) is 46.3 cm³/mol. The quantitative estimate of drug-likeness (QED) is 0.608. The number of amides is 1. The van der Waals surface area contributed by atoms with Crippen LogP contribution in [0.5, 0.6) is 0 Å². The van der Waals surface area contributed by atoms with Gasteiger partial charge in [0.2, 0.25) is 5.91 Å². The molecule has 5 heteroatoms.